The summed E-state index contributed by atoms with van der Waals surface area (Å²) in [6.45, 7) is 1.37. The highest BCUT2D eigenvalue weighted by Crippen LogP contribution is 2.16. The summed E-state index contributed by atoms with van der Waals surface area (Å²) in [5.41, 5.74) is 2.92. The first-order chi connectivity index (χ1) is 13.1. The molecule has 0 saturated heterocycles. The van der Waals surface area contributed by atoms with E-state index < -0.39 is 0 Å². The minimum absolute atomic E-state index is 0.117. The van der Waals surface area contributed by atoms with Crippen molar-refractivity contribution < 1.29 is 4.79 Å². The van der Waals surface area contributed by atoms with Crippen LogP contribution in [0.25, 0.3) is 5.69 Å². The molecule has 6 nitrogen and oxygen atoms in total. The van der Waals surface area contributed by atoms with Crippen LogP contribution in [0.2, 0.25) is 0 Å². The van der Waals surface area contributed by atoms with Crippen LogP contribution in [0.4, 0.5) is 0 Å². The van der Waals surface area contributed by atoms with E-state index in [1.54, 1.807) is 35.4 Å². The van der Waals surface area contributed by atoms with Gasteiger partial charge in [0.05, 0.1) is 11.3 Å². The summed E-state index contributed by atoms with van der Waals surface area (Å²) in [7, 11) is 3.94. The summed E-state index contributed by atoms with van der Waals surface area (Å²) < 4.78 is 1.74. The highest BCUT2D eigenvalue weighted by atomic mass is 16.1. The summed E-state index contributed by atoms with van der Waals surface area (Å²) in [4.78, 5) is 18.5. The van der Waals surface area contributed by atoms with Crippen molar-refractivity contribution in [3.63, 3.8) is 0 Å². The van der Waals surface area contributed by atoms with E-state index in [4.69, 9.17) is 0 Å². The Morgan fingerprint density at radius 2 is 2.07 bits per heavy atom. The standard InChI is InChI=1S/C21H21N5O/c1-25(2)14-12-23-21(27)19-8-9-20(26-13-4-11-24-26)18(15-19)7-6-17-5-3-10-22-16-17/h3-5,8-11,13,15-16H,12,14H2,1-2H3,(H,23,27). The molecule has 1 aromatic carbocycles. The van der Waals surface area contributed by atoms with Crippen molar-refractivity contribution in [2.45, 2.75) is 0 Å². The van der Waals surface area contributed by atoms with Gasteiger partial charge in [0, 0.05) is 49.0 Å². The van der Waals surface area contributed by atoms with Gasteiger partial charge < -0.3 is 10.2 Å². The van der Waals surface area contributed by atoms with Crippen LogP contribution < -0.4 is 5.32 Å². The molecule has 0 saturated carbocycles. The molecular formula is C21H21N5O. The predicted molar refractivity (Wildman–Crippen MR) is 105 cm³/mol. The van der Waals surface area contributed by atoms with Crippen molar-refractivity contribution in [3.05, 3.63) is 77.9 Å². The topological polar surface area (TPSA) is 63.1 Å². The number of hydrogen-bond donors (Lipinski definition) is 1. The van der Waals surface area contributed by atoms with Gasteiger partial charge in [-0.25, -0.2) is 4.68 Å². The van der Waals surface area contributed by atoms with Gasteiger partial charge in [-0.1, -0.05) is 11.8 Å². The van der Waals surface area contributed by atoms with Crippen molar-refractivity contribution in [1.29, 1.82) is 0 Å². The van der Waals surface area contributed by atoms with Gasteiger partial charge >= 0.3 is 0 Å². The molecule has 1 N–H and O–H groups in total. The Hall–Kier alpha value is -3.43. The number of rotatable bonds is 5. The Morgan fingerprint density at radius 3 is 2.78 bits per heavy atom. The van der Waals surface area contributed by atoms with Gasteiger partial charge in [0.2, 0.25) is 0 Å². The Kier molecular flexibility index (Phi) is 5.98. The van der Waals surface area contributed by atoms with Crippen molar-refractivity contribution in [1.82, 2.24) is 25.0 Å². The predicted octanol–water partition coefficient (Wildman–Crippen LogP) is 1.96. The second-order valence-corrected chi connectivity index (χ2v) is 6.23. The molecule has 0 aliphatic heterocycles. The molecule has 2 aromatic heterocycles. The summed E-state index contributed by atoms with van der Waals surface area (Å²) in [5, 5.41) is 7.20. The lowest BCUT2D eigenvalue weighted by Gasteiger charge is -2.11. The molecule has 27 heavy (non-hydrogen) atoms. The maximum atomic E-state index is 12.4. The van der Waals surface area contributed by atoms with Crippen LogP contribution in [-0.2, 0) is 0 Å². The van der Waals surface area contributed by atoms with Gasteiger partial charge in [-0.2, -0.15) is 5.10 Å². The first kappa shape index (κ1) is 18.4. The molecule has 0 aliphatic carbocycles. The van der Waals surface area contributed by atoms with Crippen LogP contribution in [0.15, 0.2) is 61.2 Å². The Balaban J connectivity index is 1.90. The van der Waals surface area contributed by atoms with Gasteiger partial charge in [-0.15, -0.1) is 0 Å². The zero-order valence-corrected chi connectivity index (χ0v) is 15.4. The fourth-order valence-electron chi connectivity index (χ4n) is 2.46. The highest BCUT2D eigenvalue weighted by Gasteiger charge is 2.10. The van der Waals surface area contributed by atoms with Gasteiger partial charge in [0.15, 0.2) is 0 Å². The second-order valence-electron chi connectivity index (χ2n) is 6.23. The molecule has 0 unspecified atom stereocenters. The van der Waals surface area contributed by atoms with Gasteiger partial charge in [0.25, 0.3) is 5.91 Å². The molecule has 1 amide bonds. The largest absolute Gasteiger partial charge is 0.351 e. The monoisotopic (exact) mass is 359 g/mol. The molecule has 136 valence electrons. The third-order valence-electron chi connectivity index (χ3n) is 3.86. The minimum atomic E-state index is -0.117. The van der Waals surface area contributed by atoms with Crippen molar-refractivity contribution in [2.75, 3.05) is 27.2 Å². The van der Waals surface area contributed by atoms with E-state index in [2.05, 4.69) is 27.2 Å². The Morgan fingerprint density at radius 1 is 1.19 bits per heavy atom. The average Bonchev–Trinajstić information content (AvgIpc) is 3.21. The lowest BCUT2D eigenvalue weighted by atomic mass is 10.1. The van der Waals surface area contributed by atoms with Crippen molar-refractivity contribution >= 4 is 5.91 Å². The lowest BCUT2D eigenvalue weighted by Crippen LogP contribution is -2.31. The van der Waals surface area contributed by atoms with Gasteiger partial charge in [-0.3, -0.25) is 9.78 Å². The van der Waals surface area contributed by atoms with E-state index in [0.29, 0.717) is 12.1 Å². The quantitative estimate of drug-likeness (QED) is 0.708. The Labute approximate surface area is 158 Å². The van der Waals surface area contributed by atoms with Crippen LogP contribution in [-0.4, -0.2) is 52.8 Å². The number of hydrogen-bond acceptors (Lipinski definition) is 4. The third-order valence-corrected chi connectivity index (χ3v) is 3.86. The van der Waals surface area contributed by atoms with E-state index in [-0.39, 0.29) is 5.91 Å². The maximum absolute atomic E-state index is 12.4. The van der Waals surface area contributed by atoms with Crippen LogP contribution in [0, 0.1) is 11.8 Å². The number of nitrogens with one attached hydrogen (secondary N) is 1. The zero-order valence-electron chi connectivity index (χ0n) is 15.4. The molecule has 3 rings (SSSR count). The summed E-state index contributed by atoms with van der Waals surface area (Å²) in [6, 6.07) is 11.0. The summed E-state index contributed by atoms with van der Waals surface area (Å²) >= 11 is 0. The number of carbonyl (C=O) groups excluding carboxylic acids is 1. The molecule has 0 radical (unpaired) electrons. The van der Waals surface area contributed by atoms with E-state index in [9.17, 15) is 4.79 Å². The Bertz CT molecular complexity index is 953. The maximum Gasteiger partial charge on any atom is 0.251 e. The van der Waals surface area contributed by atoms with Crippen molar-refractivity contribution in [2.24, 2.45) is 0 Å². The van der Waals surface area contributed by atoms with Gasteiger partial charge in [0.1, 0.15) is 0 Å². The fourth-order valence-corrected chi connectivity index (χ4v) is 2.46. The SMILES string of the molecule is CN(C)CCNC(=O)c1ccc(-n2cccn2)c(C#Cc2cccnc2)c1. The zero-order chi connectivity index (χ0) is 19.1. The number of aromatic nitrogens is 3. The number of benzene rings is 1. The second kappa shape index (κ2) is 8.79. The van der Waals surface area contributed by atoms with Crippen LogP contribution in [0.3, 0.4) is 0 Å². The minimum Gasteiger partial charge on any atom is -0.351 e. The van der Waals surface area contributed by atoms with Crippen LogP contribution in [0.1, 0.15) is 21.5 Å². The molecule has 6 heteroatoms. The number of carbonyl (C=O) groups is 1. The van der Waals surface area contributed by atoms with Crippen molar-refractivity contribution in [3.8, 4) is 17.5 Å². The average molecular weight is 359 g/mol. The smallest absolute Gasteiger partial charge is 0.251 e. The first-order valence-corrected chi connectivity index (χ1v) is 8.62. The van der Waals surface area contributed by atoms with Gasteiger partial charge in [-0.05, 0) is 50.5 Å². The lowest BCUT2D eigenvalue weighted by molar-refractivity contribution is 0.0951. The van der Waals surface area contributed by atoms with E-state index in [1.165, 1.54) is 0 Å². The van der Waals surface area contributed by atoms with E-state index in [1.807, 2.05) is 49.5 Å². The number of nitrogens with zero attached hydrogens (tertiary/aromatic N) is 4. The molecule has 2 heterocycles. The third kappa shape index (κ3) is 5.03. The molecular weight excluding hydrogens is 338 g/mol. The normalized spacial score (nSPS) is 10.3. The summed E-state index contributed by atoms with van der Waals surface area (Å²) in [6.07, 6.45) is 6.97. The molecule has 3 aromatic rings. The number of amides is 1. The molecule has 0 aliphatic rings. The van der Waals surface area contributed by atoms with E-state index >= 15 is 0 Å². The molecule has 0 bridgehead atoms. The molecule has 0 atom stereocenters. The molecule has 0 fully saturated rings. The van der Waals surface area contributed by atoms with E-state index in [0.717, 1.165) is 23.4 Å². The fraction of sp³-hybridized carbons (Fsp3) is 0.190. The van der Waals surface area contributed by atoms with Crippen LogP contribution >= 0.6 is 0 Å². The van der Waals surface area contributed by atoms with Crippen LogP contribution in [0.5, 0.6) is 0 Å². The molecule has 0 spiro atoms. The first-order valence-electron chi connectivity index (χ1n) is 8.62. The number of pyridine rings is 1. The highest BCUT2D eigenvalue weighted by molar-refractivity contribution is 5.95. The summed E-state index contributed by atoms with van der Waals surface area (Å²) in [5.74, 6) is 6.13. The number of likely N-dealkylation sites (N-methyl/N-ethyl adjacent to an activating group) is 1.